The maximum atomic E-state index is 11.8. The minimum absolute atomic E-state index is 0.112. The molecule has 0 fully saturated rings. The Labute approximate surface area is 97.7 Å². The molecule has 2 rings (SSSR count). The van der Waals surface area contributed by atoms with Crippen LogP contribution in [0.15, 0.2) is 42.5 Å². The number of methoxy groups -OCH3 is 1. The van der Waals surface area contributed by atoms with Crippen LogP contribution in [0.1, 0.15) is 9.67 Å². The number of para-hydroxylation sites is 1. The first-order valence-corrected chi connectivity index (χ1v) is 5.61. The topological polar surface area (TPSA) is 38.3 Å². The molecule has 0 saturated heterocycles. The fourth-order valence-corrected chi connectivity index (χ4v) is 1.98. The van der Waals surface area contributed by atoms with Gasteiger partial charge in [-0.25, -0.2) is 0 Å². The van der Waals surface area contributed by atoms with Crippen LogP contribution in [0.5, 0.6) is 5.06 Å². The Hall–Kier alpha value is -1.81. The number of benzene rings is 1. The van der Waals surface area contributed by atoms with Crippen molar-refractivity contribution in [2.45, 2.75) is 0 Å². The van der Waals surface area contributed by atoms with Gasteiger partial charge in [-0.15, -0.1) is 0 Å². The summed E-state index contributed by atoms with van der Waals surface area (Å²) in [6.07, 6.45) is 0. The number of nitrogens with one attached hydrogen (secondary N) is 1. The van der Waals surface area contributed by atoms with Gasteiger partial charge in [-0.2, -0.15) is 0 Å². The third-order valence-corrected chi connectivity index (χ3v) is 3.08. The molecule has 1 N–H and O–H groups in total. The second-order valence-corrected chi connectivity index (χ2v) is 4.19. The van der Waals surface area contributed by atoms with Crippen molar-refractivity contribution in [1.82, 2.24) is 0 Å². The first-order valence-electron chi connectivity index (χ1n) is 4.80. The van der Waals surface area contributed by atoms with Gasteiger partial charge < -0.3 is 10.1 Å². The van der Waals surface area contributed by atoms with Gasteiger partial charge in [-0.3, -0.25) is 4.79 Å². The summed E-state index contributed by atoms with van der Waals surface area (Å²) in [5, 5.41) is 3.55. The average molecular weight is 233 g/mol. The van der Waals surface area contributed by atoms with E-state index in [9.17, 15) is 4.79 Å². The number of rotatable bonds is 3. The molecular formula is C12H11NO2S. The van der Waals surface area contributed by atoms with Crippen LogP contribution in [0.2, 0.25) is 0 Å². The molecule has 4 heteroatoms. The summed E-state index contributed by atoms with van der Waals surface area (Å²) in [5.41, 5.74) is 0.792. The van der Waals surface area contributed by atoms with Gasteiger partial charge in [0.2, 0.25) is 0 Å². The van der Waals surface area contributed by atoms with E-state index in [2.05, 4.69) is 5.32 Å². The molecule has 2 aromatic rings. The van der Waals surface area contributed by atoms with Crippen LogP contribution in [-0.4, -0.2) is 13.0 Å². The third-order valence-electron chi connectivity index (χ3n) is 2.04. The highest BCUT2D eigenvalue weighted by molar-refractivity contribution is 7.15. The summed E-state index contributed by atoms with van der Waals surface area (Å²) in [5.74, 6) is -0.112. The van der Waals surface area contributed by atoms with E-state index in [1.165, 1.54) is 11.3 Å². The molecule has 0 atom stereocenters. The molecule has 0 aliphatic carbocycles. The molecule has 0 spiro atoms. The minimum Gasteiger partial charge on any atom is -0.487 e. The Morgan fingerprint density at radius 2 is 1.94 bits per heavy atom. The smallest absolute Gasteiger partial charge is 0.265 e. The summed E-state index contributed by atoms with van der Waals surface area (Å²) in [4.78, 5) is 12.4. The quantitative estimate of drug-likeness (QED) is 0.885. The SMILES string of the molecule is COc1ccc(C(=O)Nc2ccccc2)s1. The van der Waals surface area contributed by atoms with Gasteiger partial charge in [-0.1, -0.05) is 29.5 Å². The van der Waals surface area contributed by atoms with Crippen LogP contribution < -0.4 is 10.1 Å². The van der Waals surface area contributed by atoms with E-state index < -0.39 is 0 Å². The Kier molecular flexibility index (Phi) is 3.22. The van der Waals surface area contributed by atoms with E-state index in [0.717, 1.165) is 10.8 Å². The molecule has 1 aromatic heterocycles. The van der Waals surface area contributed by atoms with Crippen LogP contribution in [-0.2, 0) is 0 Å². The molecule has 16 heavy (non-hydrogen) atoms. The zero-order valence-electron chi connectivity index (χ0n) is 8.77. The van der Waals surface area contributed by atoms with Crippen molar-refractivity contribution in [3.05, 3.63) is 47.3 Å². The van der Waals surface area contributed by atoms with Gasteiger partial charge in [-0.05, 0) is 24.3 Å². The fraction of sp³-hybridized carbons (Fsp3) is 0.0833. The second kappa shape index (κ2) is 4.81. The van der Waals surface area contributed by atoms with E-state index >= 15 is 0 Å². The predicted octanol–water partition coefficient (Wildman–Crippen LogP) is 3.01. The maximum absolute atomic E-state index is 11.8. The molecule has 0 aliphatic rings. The number of hydrogen-bond donors (Lipinski definition) is 1. The predicted molar refractivity (Wildman–Crippen MR) is 65.3 cm³/mol. The van der Waals surface area contributed by atoms with Crippen LogP contribution in [0, 0.1) is 0 Å². The highest BCUT2D eigenvalue weighted by Crippen LogP contribution is 2.24. The summed E-state index contributed by atoms with van der Waals surface area (Å²) < 4.78 is 5.03. The van der Waals surface area contributed by atoms with Crippen molar-refractivity contribution in [3.63, 3.8) is 0 Å². The number of amides is 1. The van der Waals surface area contributed by atoms with Gasteiger partial charge in [0.25, 0.3) is 5.91 Å². The summed E-state index contributed by atoms with van der Waals surface area (Å²) >= 11 is 1.33. The lowest BCUT2D eigenvalue weighted by Gasteiger charge is -2.01. The van der Waals surface area contributed by atoms with E-state index in [-0.39, 0.29) is 5.91 Å². The molecule has 1 heterocycles. The Balaban J connectivity index is 2.09. The Bertz CT molecular complexity index is 479. The number of thiophene rings is 1. The molecule has 0 saturated carbocycles. The Morgan fingerprint density at radius 1 is 1.19 bits per heavy atom. The van der Waals surface area contributed by atoms with Crippen molar-refractivity contribution in [1.29, 1.82) is 0 Å². The van der Waals surface area contributed by atoms with Crippen molar-refractivity contribution in [3.8, 4) is 5.06 Å². The molecule has 82 valence electrons. The minimum atomic E-state index is -0.112. The van der Waals surface area contributed by atoms with E-state index in [1.54, 1.807) is 19.2 Å². The van der Waals surface area contributed by atoms with Gasteiger partial charge >= 0.3 is 0 Å². The van der Waals surface area contributed by atoms with Crippen LogP contribution in [0.3, 0.4) is 0 Å². The van der Waals surface area contributed by atoms with Crippen molar-refractivity contribution >= 4 is 22.9 Å². The summed E-state index contributed by atoms with van der Waals surface area (Å²) in [6.45, 7) is 0. The zero-order chi connectivity index (χ0) is 11.4. The largest absolute Gasteiger partial charge is 0.487 e. The highest BCUT2D eigenvalue weighted by atomic mass is 32.1. The molecule has 3 nitrogen and oxygen atoms in total. The zero-order valence-corrected chi connectivity index (χ0v) is 9.58. The summed E-state index contributed by atoms with van der Waals surface area (Å²) in [7, 11) is 1.59. The van der Waals surface area contributed by atoms with Crippen molar-refractivity contribution in [2.75, 3.05) is 12.4 Å². The van der Waals surface area contributed by atoms with E-state index in [1.807, 2.05) is 30.3 Å². The average Bonchev–Trinajstić information content (AvgIpc) is 2.79. The Morgan fingerprint density at radius 3 is 2.56 bits per heavy atom. The monoisotopic (exact) mass is 233 g/mol. The van der Waals surface area contributed by atoms with Crippen LogP contribution in [0.25, 0.3) is 0 Å². The first-order chi connectivity index (χ1) is 7.79. The molecular weight excluding hydrogens is 222 g/mol. The van der Waals surface area contributed by atoms with E-state index in [4.69, 9.17) is 4.74 Å². The van der Waals surface area contributed by atoms with Gasteiger partial charge in [0, 0.05) is 5.69 Å². The summed E-state index contributed by atoms with van der Waals surface area (Å²) in [6, 6.07) is 12.9. The fourth-order valence-electron chi connectivity index (χ4n) is 1.27. The lowest BCUT2D eigenvalue weighted by Crippen LogP contribution is -2.09. The maximum Gasteiger partial charge on any atom is 0.265 e. The number of ether oxygens (including phenoxy) is 1. The second-order valence-electron chi connectivity index (χ2n) is 3.14. The molecule has 0 aliphatic heterocycles. The standard InChI is InChI=1S/C12H11NO2S/c1-15-11-8-7-10(16-11)12(14)13-9-5-3-2-4-6-9/h2-8H,1H3,(H,13,14). The molecule has 1 amide bonds. The molecule has 0 radical (unpaired) electrons. The first kappa shape index (κ1) is 10.7. The normalized spacial score (nSPS) is 9.81. The highest BCUT2D eigenvalue weighted by Gasteiger charge is 2.09. The number of carbonyl (C=O) groups is 1. The molecule has 0 bridgehead atoms. The van der Waals surface area contributed by atoms with Gasteiger partial charge in [0.05, 0.1) is 12.0 Å². The van der Waals surface area contributed by atoms with Gasteiger partial charge in [0.15, 0.2) is 5.06 Å². The van der Waals surface area contributed by atoms with Crippen LogP contribution in [0.4, 0.5) is 5.69 Å². The van der Waals surface area contributed by atoms with E-state index in [0.29, 0.717) is 4.88 Å². The van der Waals surface area contributed by atoms with Crippen LogP contribution >= 0.6 is 11.3 Å². The number of hydrogen-bond acceptors (Lipinski definition) is 3. The number of carbonyl (C=O) groups excluding carboxylic acids is 1. The lowest BCUT2D eigenvalue weighted by atomic mass is 10.3. The molecule has 0 unspecified atom stereocenters. The molecule has 1 aromatic carbocycles. The third kappa shape index (κ3) is 2.41. The van der Waals surface area contributed by atoms with Crippen molar-refractivity contribution in [2.24, 2.45) is 0 Å². The lowest BCUT2D eigenvalue weighted by molar-refractivity contribution is 0.103. The van der Waals surface area contributed by atoms with Gasteiger partial charge in [0.1, 0.15) is 0 Å². The van der Waals surface area contributed by atoms with Crippen molar-refractivity contribution < 1.29 is 9.53 Å². The number of anilines is 1.